The predicted octanol–water partition coefficient (Wildman–Crippen LogP) is 3.82. The van der Waals surface area contributed by atoms with Gasteiger partial charge in [0.25, 0.3) is 0 Å². The van der Waals surface area contributed by atoms with E-state index >= 15 is 0 Å². The smallest absolute Gasteiger partial charge is 0.115 e. The first-order chi connectivity index (χ1) is 9.81. The van der Waals surface area contributed by atoms with E-state index in [1.165, 1.54) is 16.9 Å². The average Bonchev–Trinajstić information content (AvgIpc) is 2.50. The van der Waals surface area contributed by atoms with Crippen LogP contribution in [0.5, 0.6) is 5.75 Å². The molecule has 1 unspecified atom stereocenters. The zero-order chi connectivity index (χ0) is 14.2. The van der Waals surface area contributed by atoms with Gasteiger partial charge in [-0.1, -0.05) is 42.5 Å². The van der Waals surface area contributed by atoms with Crippen LogP contribution in [0.1, 0.15) is 23.6 Å². The predicted molar refractivity (Wildman–Crippen MR) is 87.4 cm³/mol. The maximum atomic E-state index is 9.43. The number of phenolic OH excluding ortho intramolecular Hbond substituents is 1. The number of thioether (sulfide) groups is 1. The molecule has 0 aliphatic carbocycles. The van der Waals surface area contributed by atoms with Gasteiger partial charge in [0.05, 0.1) is 6.04 Å². The molecule has 2 aromatic rings. The molecule has 0 amide bonds. The Morgan fingerprint density at radius 1 is 1.00 bits per heavy atom. The lowest BCUT2D eigenvalue weighted by molar-refractivity contribution is 0.474. The van der Waals surface area contributed by atoms with Crippen molar-refractivity contribution in [1.82, 2.24) is 5.32 Å². The minimum atomic E-state index is 0.179. The summed E-state index contributed by atoms with van der Waals surface area (Å²) in [5.41, 5.74) is 2.43. The second-order valence-corrected chi connectivity index (χ2v) is 5.72. The molecule has 20 heavy (non-hydrogen) atoms. The van der Waals surface area contributed by atoms with E-state index in [0.29, 0.717) is 5.75 Å². The van der Waals surface area contributed by atoms with Crippen molar-refractivity contribution in [3.63, 3.8) is 0 Å². The van der Waals surface area contributed by atoms with E-state index in [1.807, 2.05) is 30.0 Å². The van der Waals surface area contributed by atoms with Gasteiger partial charge in [-0.2, -0.15) is 11.8 Å². The van der Waals surface area contributed by atoms with Gasteiger partial charge in [0.1, 0.15) is 5.75 Å². The van der Waals surface area contributed by atoms with E-state index in [2.05, 4.69) is 35.8 Å². The second kappa shape index (κ2) is 7.98. The van der Waals surface area contributed by atoms with E-state index < -0.39 is 0 Å². The highest BCUT2D eigenvalue weighted by Gasteiger charge is 2.12. The van der Waals surface area contributed by atoms with E-state index in [9.17, 15) is 5.11 Å². The fourth-order valence-electron chi connectivity index (χ4n) is 2.20. The van der Waals surface area contributed by atoms with Gasteiger partial charge in [-0.05, 0) is 48.2 Å². The van der Waals surface area contributed by atoms with E-state index in [4.69, 9.17) is 0 Å². The molecule has 0 fully saturated rings. The minimum absolute atomic E-state index is 0.179. The third-order valence-corrected chi connectivity index (χ3v) is 3.93. The van der Waals surface area contributed by atoms with Crippen molar-refractivity contribution < 1.29 is 5.11 Å². The lowest BCUT2D eigenvalue weighted by Crippen LogP contribution is -2.23. The van der Waals surface area contributed by atoms with Gasteiger partial charge in [-0.15, -0.1) is 0 Å². The largest absolute Gasteiger partial charge is 0.508 e. The zero-order valence-corrected chi connectivity index (χ0v) is 12.6. The highest BCUT2D eigenvalue weighted by Crippen LogP contribution is 2.23. The summed E-state index contributed by atoms with van der Waals surface area (Å²) in [4.78, 5) is 0. The molecule has 0 radical (unpaired) electrons. The summed E-state index contributed by atoms with van der Waals surface area (Å²) >= 11 is 1.87. The Labute approximate surface area is 125 Å². The number of benzene rings is 2. The van der Waals surface area contributed by atoms with Crippen LogP contribution in [-0.4, -0.2) is 23.7 Å². The van der Waals surface area contributed by atoms with Gasteiger partial charge in [-0.3, -0.25) is 0 Å². The quantitative estimate of drug-likeness (QED) is 0.759. The van der Waals surface area contributed by atoms with Gasteiger partial charge < -0.3 is 10.4 Å². The Hall–Kier alpha value is -1.45. The molecule has 3 heteroatoms. The summed E-state index contributed by atoms with van der Waals surface area (Å²) in [6.45, 7) is 0.987. The maximum Gasteiger partial charge on any atom is 0.115 e. The lowest BCUT2D eigenvalue weighted by atomic mass is 9.98. The van der Waals surface area contributed by atoms with Crippen LogP contribution in [-0.2, 0) is 0 Å². The molecule has 0 aliphatic rings. The van der Waals surface area contributed by atoms with Crippen LogP contribution < -0.4 is 5.32 Å². The molecule has 0 aromatic heterocycles. The summed E-state index contributed by atoms with van der Waals surface area (Å²) in [6.07, 6.45) is 3.29. The fourth-order valence-corrected chi connectivity index (χ4v) is 2.64. The number of nitrogens with one attached hydrogen (secondary N) is 1. The van der Waals surface area contributed by atoms with Crippen LogP contribution >= 0.6 is 11.8 Å². The zero-order valence-electron chi connectivity index (χ0n) is 11.8. The molecule has 0 bridgehead atoms. The van der Waals surface area contributed by atoms with Crippen molar-refractivity contribution in [3.8, 4) is 5.75 Å². The van der Waals surface area contributed by atoms with Crippen molar-refractivity contribution in [2.75, 3.05) is 18.6 Å². The van der Waals surface area contributed by atoms with Crippen LogP contribution in [0.3, 0.4) is 0 Å². The van der Waals surface area contributed by atoms with Gasteiger partial charge in [0.2, 0.25) is 0 Å². The number of phenols is 1. The molecule has 0 spiro atoms. The molecular formula is C17H21NOS. The first-order valence-electron chi connectivity index (χ1n) is 6.87. The van der Waals surface area contributed by atoms with Crippen molar-refractivity contribution in [2.24, 2.45) is 0 Å². The third kappa shape index (κ3) is 4.29. The Kier molecular flexibility index (Phi) is 5.96. The second-order valence-electron chi connectivity index (χ2n) is 4.74. The number of aromatic hydroxyl groups is 1. The Bertz CT molecular complexity index is 498. The molecule has 106 valence electrons. The van der Waals surface area contributed by atoms with E-state index in [0.717, 1.165) is 13.0 Å². The van der Waals surface area contributed by atoms with Crippen molar-refractivity contribution >= 4 is 11.8 Å². The van der Waals surface area contributed by atoms with Crippen molar-refractivity contribution in [3.05, 3.63) is 65.7 Å². The van der Waals surface area contributed by atoms with Crippen molar-refractivity contribution in [2.45, 2.75) is 12.5 Å². The first-order valence-corrected chi connectivity index (χ1v) is 8.27. The maximum absolute atomic E-state index is 9.43. The third-order valence-electron chi connectivity index (χ3n) is 3.23. The van der Waals surface area contributed by atoms with E-state index in [-0.39, 0.29) is 6.04 Å². The SMILES string of the molecule is CSCCCNC(c1ccccc1)c1ccc(O)cc1. The summed E-state index contributed by atoms with van der Waals surface area (Å²) in [6, 6.07) is 18.1. The monoisotopic (exact) mass is 287 g/mol. The summed E-state index contributed by atoms with van der Waals surface area (Å²) in [5.74, 6) is 1.48. The number of hydrogen-bond acceptors (Lipinski definition) is 3. The fraction of sp³-hybridized carbons (Fsp3) is 0.294. The molecular weight excluding hydrogens is 266 g/mol. The van der Waals surface area contributed by atoms with Crippen LogP contribution in [0, 0.1) is 0 Å². The van der Waals surface area contributed by atoms with Gasteiger partial charge >= 0.3 is 0 Å². The summed E-state index contributed by atoms with van der Waals surface area (Å²) in [7, 11) is 0. The molecule has 2 aromatic carbocycles. The molecule has 0 saturated heterocycles. The minimum Gasteiger partial charge on any atom is -0.508 e. The lowest BCUT2D eigenvalue weighted by Gasteiger charge is -2.20. The first kappa shape index (κ1) is 14.9. The van der Waals surface area contributed by atoms with Crippen LogP contribution in [0.15, 0.2) is 54.6 Å². The molecule has 0 saturated carbocycles. The molecule has 2 rings (SSSR count). The molecule has 0 aliphatic heterocycles. The average molecular weight is 287 g/mol. The topological polar surface area (TPSA) is 32.3 Å². The number of hydrogen-bond donors (Lipinski definition) is 2. The molecule has 2 nitrogen and oxygen atoms in total. The normalized spacial score (nSPS) is 12.2. The van der Waals surface area contributed by atoms with Gasteiger partial charge in [0, 0.05) is 0 Å². The van der Waals surface area contributed by atoms with Gasteiger partial charge in [0.15, 0.2) is 0 Å². The standard InChI is InChI=1S/C17H21NOS/c1-20-13-5-12-18-17(14-6-3-2-4-7-14)15-8-10-16(19)11-9-15/h2-4,6-11,17-19H,5,12-13H2,1H3. The summed E-state index contributed by atoms with van der Waals surface area (Å²) in [5, 5.41) is 13.0. The highest BCUT2D eigenvalue weighted by molar-refractivity contribution is 7.98. The Morgan fingerprint density at radius 3 is 2.30 bits per heavy atom. The number of rotatable bonds is 7. The van der Waals surface area contributed by atoms with Crippen LogP contribution in [0.25, 0.3) is 0 Å². The Morgan fingerprint density at radius 2 is 1.65 bits per heavy atom. The van der Waals surface area contributed by atoms with Crippen LogP contribution in [0.2, 0.25) is 0 Å². The summed E-state index contributed by atoms with van der Waals surface area (Å²) < 4.78 is 0. The highest BCUT2D eigenvalue weighted by atomic mass is 32.2. The molecule has 2 N–H and O–H groups in total. The van der Waals surface area contributed by atoms with Crippen molar-refractivity contribution in [1.29, 1.82) is 0 Å². The Balaban J connectivity index is 2.13. The molecule has 0 heterocycles. The van der Waals surface area contributed by atoms with Gasteiger partial charge in [-0.25, -0.2) is 0 Å². The van der Waals surface area contributed by atoms with Crippen LogP contribution in [0.4, 0.5) is 0 Å². The van der Waals surface area contributed by atoms with E-state index in [1.54, 1.807) is 12.1 Å². The molecule has 1 atom stereocenters.